The zero-order chi connectivity index (χ0) is 34.5. The van der Waals surface area contributed by atoms with Crippen molar-refractivity contribution >= 4 is 27.7 Å². The Balaban J connectivity index is 1.61. The lowest BCUT2D eigenvalue weighted by Gasteiger charge is -2.35. The fourth-order valence-electron chi connectivity index (χ4n) is 5.82. The van der Waals surface area contributed by atoms with Crippen LogP contribution in [0.1, 0.15) is 60.8 Å². The molecular weight excluding hydrogens is 628 g/mol. The Morgan fingerprint density at radius 1 is 1.00 bits per heavy atom. The van der Waals surface area contributed by atoms with Crippen LogP contribution in [0.5, 0.6) is 5.88 Å². The molecule has 2 N–H and O–H groups in total. The normalized spacial score (nSPS) is 16.2. The summed E-state index contributed by atoms with van der Waals surface area (Å²) in [4.78, 5) is 30.0. The first kappa shape index (κ1) is 34.8. The zero-order valence-electron chi connectivity index (χ0n) is 28.4. The van der Waals surface area contributed by atoms with E-state index in [-0.39, 0.29) is 46.8 Å². The minimum atomic E-state index is -4.17. The second-order valence-electron chi connectivity index (χ2n) is 13.3. The highest BCUT2D eigenvalue weighted by molar-refractivity contribution is 7.92. The number of nitrogens with one attached hydrogen (secondary N) is 2. The van der Waals surface area contributed by atoms with Crippen LogP contribution < -0.4 is 14.8 Å². The van der Waals surface area contributed by atoms with Crippen LogP contribution in [0, 0.1) is 19.3 Å². The predicted molar refractivity (Wildman–Crippen MR) is 187 cm³/mol. The van der Waals surface area contributed by atoms with Crippen molar-refractivity contribution in [1.29, 1.82) is 0 Å². The summed E-state index contributed by atoms with van der Waals surface area (Å²) in [6.07, 6.45) is 1.41. The van der Waals surface area contributed by atoms with Crippen molar-refractivity contribution in [3.8, 4) is 17.1 Å². The molecule has 4 aromatic rings. The van der Waals surface area contributed by atoms with Crippen LogP contribution in [0.25, 0.3) is 11.3 Å². The van der Waals surface area contributed by atoms with Crippen molar-refractivity contribution in [2.45, 2.75) is 64.9 Å². The first-order valence-corrected chi connectivity index (χ1v) is 17.5. The minimum Gasteiger partial charge on any atom is -0.475 e. The van der Waals surface area contributed by atoms with Crippen molar-refractivity contribution in [3.63, 3.8) is 0 Å². The zero-order valence-corrected chi connectivity index (χ0v) is 29.2. The number of pyridine rings is 1. The fourth-order valence-corrected chi connectivity index (χ4v) is 6.81. The Morgan fingerprint density at radius 3 is 2.46 bits per heavy atom. The Morgan fingerprint density at radius 2 is 1.73 bits per heavy atom. The molecule has 0 radical (unpaired) electrons. The molecule has 1 aliphatic rings. The molecule has 2 aromatic carbocycles. The molecule has 1 aliphatic heterocycles. The summed E-state index contributed by atoms with van der Waals surface area (Å²) in [5.41, 5.74) is 4.06. The van der Waals surface area contributed by atoms with Gasteiger partial charge in [0.25, 0.3) is 15.9 Å². The van der Waals surface area contributed by atoms with Gasteiger partial charge in [0, 0.05) is 37.5 Å². The van der Waals surface area contributed by atoms with Gasteiger partial charge in [-0.2, -0.15) is 4.98 Å². The number of carbonyl (C=O) groups excluding carboxylic acids is 1. The van der Waals surface area contributed by atoms with E-state index in [0.717, 1.165) is 23.1 Å². The summed E-state index contributed by atoms with van der Waals surface area (Å²) in [7, 11) is -2.50. The number of fused-ring (bicyclic) bond motifs is 4. The minimum absolute atomic E-state index is 0.0798. The van der Waals surface area contributed by atoms with Gasteiger partial charge >= 0.3 is 0 Å². The highest BCUT2D eigenvalue weighted by Crippen LogP contribution is 2.31. The van der Waals surface area contributed by atoms with Crippen molar-refractivity contribution < 1.29 is 22.7 Å². The van der Waals surface area contributed by atoms with Gasteiger partial charge in [-0.1, -0.05) is 51.1 Å². The van der Waals surface area contributed by atoms with E-state index in [1.807, 2.05) is 50.2 Å². The SMILES string of the molecule is COCCCNc1cccc(CN2C(=O)c3cccc(c3)S(=O)(=O)Nc3nc(cc(-c4c(C)cccc4C)n3)OC[C@H]2CC(C)(C)C)n1. The van der Waals surface area contributed by atoms with Gasteiger partial charge in [-0.3, -0.25) is 4.79 Å². The molecule has 1 atom stereocenters. The van der Waals surface area contributed by atoms with Gasteiger partial charge in [-0.15, -0.1) is 0 Å². The van der Waals surface area contributed by atoms with Crippen LogP contribution in [0.4, 0.5) is 11.8 Å². The molecule has 48 heavy (non-hydrogen) atoms. The first-order valence-electron chi connectivity index (χ1n) is 16.0. The maximum Gasteiger partial charge on any atom is 0.264 e. The molecule has 11 nitrogen and oxygen atoms in total. The van der Waals surface area contributed by atoms with Crippen LogP contribution in [-0.4, -0.2) is 67.1 Å². The molecule has 2 aromatic heterocycles. The lowest BCUT2D eigenvalue weighted by Crippen LogP contribution is -2.45. The van der Waals surface area contributed by atoms with Crippen molar-refractivity contribution in [2.75, 3.05) is 36.9 Å². The summed E-state index contributed by atoms with van der Waals surface area (Å²) >= 11 is 0. The lowest BCUT2D eigenvalue weighted by molar-refractivity contribution is 0.0509. The van der Waals surface area contributed by atoms with Crippen LogP contribution in [-0.2, 0) is 21.3 Å². The average molecular weight is 673 g/mol. The van der Waals surface area contributed by atoms with E-state index in [9.17, 15) is 13.2 Å². The quantitative estimate of drug-likeness (QED) is 0.198. The van der Waals surface area contributed by atoms with Gasteiger partial charge in [0.1, 0.15) is 12.4 Å². The van der Waals surface area contributed by atoms with Crippen molar-refractivity contribution in [2.24, 2.45) is 5.41 Å². The third kappa shape index (κ3) is 8.67. The summed E-state index contributed by atoms with van der Waals surface area (Å²) in [6.45, 7) is 11.9. The molecule has 0 spiro atoms. The molecule has 254 valence electrons. The van der Waals surface area contributed by atoms with Crippen LogP contribution in [0.3, 0.4) is 0 Å². The number of benzene rings is 2. The third-order valence-corrected chi connectivity index (χ3v) is 9.33. The molecule has 0 aliphatic carbocycles. The molecule has 0 unspecified atom stereocenters. The largest absolute Gasteiger partial charge is 0.475 e. The lowest BCUT2D eigenvalue weighted by atomic mass is 9.87. The van der Waals surface area contributed by atoms with Gasteiger partial charge < -0.3 is 19.7 Å². The molecule has 0 saturated heterocycles. The third-order valence-electron chi connectivity index (χ3n) is 8.00. The molecule has 0 fully saturated rings. The topological polar surface area (TPSA) is 136 Å². The Bertz CT molecular complexity index is 1850. The average Bonchev–Trinajstić information content (AvgIpc) is 3.03. The van der Waals surface area contributed by atoms with Crippen molar-refractivity contribution in [3.05, 3.63) is 89.1 Å². The number of aromatic nitrogens is 3. The van der Waals surface area contributed by atoms with E-state index in [2.05, 4.69) is 40.8 Å². The summed E-state index contributed by atoms with van der Waals surface area (Å²) < 4.78 is 41.4. The molecule has 5 rings (SSSR count). The van der Waals surface area contributed by atoms with Gasteiger partial charge in [-0.25, -0.2) is 23.1 Å². The first-order chi connectivity index (χ1) is 22.8. The summed E-state index contributed by atoms with van der Waals surface area (Å²) in [5, 5.41) is 3.32. The second-order valence-corrected chi connectivity index (χ2v) is 14.9. The van der Waals surface area contributed by atoms with E-state index in [0.29, 0.717) is 36.8 Å². The molecule has 4 bridgehead atoms. The van der Waals surface area contributed by atoms with E-state index in [1.54, 1.807) is 30.2 Å². The Labute approximate surface area is 283 Å². The number of aryl methyl sites for hydroxylation is 2. The predicted octanol–water partition coefficient (Wildman–Crippen LogP) is 6.24. The standard InChI is InChI=1S/C36H44N6O5S/c1-24-11-7-12-25(2)33(24)30-20-32-40-35(39-30)41-48(44,45)29-15-8-13-26(19-29)34(43)42(28(23-47-32)21-36(3,4)5)22-27-14-9-16-31(38-27)37-17-10-18-46-6/h7-9,11-16,19-20,28H,10,17-18,21-23H2,1-6H3,(H,37,38)(H,39,40,41)/t28-/m1/s1. The van der Waals surface area contributed by atoms with E-state index in [4.69, 9.17) is 14.5 Å². The number of methoxy groups -OCH3 is 1. The van der Waals surface area contributed by atoms with Gasteiger partial charge in [0.2, 0.25) is 11.8 Å². The molecule has 12 heteroatoms. The van der Waals surface area contributed by atoms with E-state index in [1.165, 1.54) is 12.1 Å². The van der Waals surface area contributed by atoms with E-state index >= 15 is 0 Å². The monoisotopic (exact) mass is 672 g/mol. The Hall–Kier alpha value is -4.55. The van der Waals surface area contributed by atoms with Crippen LogP contribution >= 0.6 is 0 Å². The fraction of sp³-hybridized carbons (Fsp3) is 0.389. The molecule has 3 heterocycles. The smallest absolute Gasteiger partial charge is 0.264 e. The highest BCUT2D eigenvalue weighted by atomic mass is 32.2. The summed E-state index contributed by atoms with van der Waals surface area (Å²) in [6, 6.07) is 18.9. The molecular formula is C36H44N6O5S. The number of ether oxygens (including phenoxy) is 2. The van der Waals surface area contributed by atoms with Crippen molar-refractivity contribution in [1.82, 2.24) is 19.9 Å². The maximum atomic E-state index is 14.4. The summed E-state index contributed by atoms with van der Waals surface area (Å²) in [5.74, 6) is 0.429. The number of amides is 1. The number of hydrogen-bond donors (Lipinski definition) is 2. The van der Waals surface area contributed by atoms with Gasteiger partial charge in [-0.05, 0) is 73.6 Å². The highest BCUT2D eigenvalue weighted by Gasteiger charge is 2.32. The van der Waals surface area contributed by atoms with E-state index < -0.39 is 16.1 Å². The van der Waals surface area contributed by atoms with Crippen LogP contribution in [0.2, 0.25) is 0 Å². The number of sulfonamides is 1. The van der Waals surface area contributed by atoms with Crippen LogP contribution in [0.15, 0.2) is 71.6 Å². The number of nitrogens with zero attached hydrogens (tertiary/aromatic N) is 4. The maximum absolute atomic E-state index is 14.4. The Kier molecular flexibility index (Phi) is 10.6. The number of carbonyl (C=O) groups is 1. The van der Waals surface area contributed by atoms with Gasteiger partial charge in [0.05, 0.1) is 28.9 Å². The molecule has 0 saturated carbocycles. The number of anilines is 2. The van der Waals surface area contributed by atoms with Gasteiger partial charge in [0.15, 0.2) is 0 Å². The molecule has 1 amide bonds. The number of rotatable bonds is 9. The second kappa shape index (κ2) is 14.7. The number of hydrogen-bond acceptors (Lipinski definition) is 9.